The number of hydrogen-bond donors (Lipinski definition) is 2. The van der Waals surface area contributed by atoms with Gasteiger partial charge in [0.2, 0.25) is 15.9 Å². The molecule has 0 aliphatic rings. The maximum atomic E-state index is 12.5. The molecule has 112 valence electrons. The lowest BCUT2D eigenvalue weighted by Crippen LogP contribution is -2.32. The van der Waals surface area contributed by atoms with Crippen molar-refractivity contribution in [1.82, 2.24) is 9.62 Å². The molecule has 0 radical (unpaired) electrons. The van der Waals surface area contributed by atoms with E-state index < -0.39 is 10.0 Å². The molecule has 0 bridgehead atoms. The minimum absolute atomic E-state index is 0.127. The fourth-order valence-electron chi connectivity index (χ4n) is 1.72. The van der Waals surface area contributed by atoms with Crippen LogP contribution in [0.25, 0.3) is 0 Å². The summed E-state index contributed by atoms with van der Waals surface area (Å²) < 4.78 is 26.1. The Labute approximate surface area is 120 Å². The van der Waals surface area contributed by atoms with Crippen molar-refractivity contribution in [1.29, 1.82) is 0 Å². The highest BCUT2D eigenvalue weighted by Crippen LogP contribution is 2.20. The molecule has 0 aromatic heterocycles. The van der Waals surface area contributed by atoms with E-state index in [9.17, 15) is 13.2 Å². The van der Waals surface area contributed by atoms with E-state index in [0.29, 0.717) is 5.56 Å². The summed E-state index contributed by atoms with van der Waals surface area (Å²) in [6.07, 6.45) is 0.127. The molecule has 1 aromatic rings. The Hall–Kier alpha value is -1.44. The summed E-state index contributed by atoms with van der Waals surface area (Å²) in [7, 11) is -0.624. The molecule has 6 nitrogen and oxygen atoms in total. The molecule has 0 heterocycles. The molecule has 3 N–H and O–H groups in total. The Bertz CT molecular complexity index is 585. The maximum absolute atomic E-state index is 12.5. The third-order valence-corrected chi connectivity index (χ3v) is 5.11. The van der Waals surface area contributed by atoms with Gasteiger partial charge in [0.25, 0.3) is 0 Å². The average molecular weight is 299 g/mol. The van der Waals surface area contributed by atoms with Crippen molar-refractivity contribution in [2.75, 3.05) is 20.6 Å². The minimum Gasteiger partial charge on any atom is -0.359 e. The second kappa shape index (κ2) is 6.83. The van der Waals surface area contributed by atoms with Crippen LogP contribution in [-0.4, -0.2) is 39.3 Å². The topological polar surface area (TPSA) is 92.5 Å². The molecule has 0 aliphatic carbocycles. The minimum atomic E-state index is -3.61. The number of aryl methyl sites for hydroxylation is 1. The summed E-state index contributed by atoms with van der Waals surface area (Å²) in [6.45, 7) is 2.15. The van der Waals surface area contributed by atoms with Crippen molar-refractivity contribution in [2.24, 2.45) is 5.73 Å². The number of benzene rings is 1. The van der Waals surface area contributed by atoms with Gasteiger partial charge in [0, 0.05) is 33.6 Å². The smallest absolute Gasteiger partial charge is 0.243 e. The first-order valence-corrected chi connectivity index (χ1v) is 7.73. The number of rotatable bonds is 6. The first-order valence-electron chi connectivity index (χ1n) is 6.29. The molecular formula is C13H21N3O3S. The first kappa shape index (κ1) is 16.6. The summed E-state index contributed by atoms with van der Waals surface area (Å²) in [5.74, 6) is -0.195. The Morgan fingerprint density at radius 1 is 1.40 bits per heavy atom. The summed E-state index contributed by atoms with van der Waals surface area (Å²) in [6, 6.07) is 5.13. The maximum Gasteiger partial charge on any atom is 0.243 e. The number of carbonyl (C=O) groups is 1. The third kappa shape index (κ3) is 3.78. The highest BCUT2D eigenvalue weighted by Gasteiger charge is 2.23. The van der Waals surface area contributed by atoms with Crippen LogP contribution in [0.1, 0.15) is 17.5 Å². The molecule has 7 heteroatoms. The van der Waals surface area contributed by atoms with Crippen LogP contribution in [0.5, 0.6) is 0 Å². The fraction of sp³-hybridized carbons (Fsp3) is 0.462. The van der Waals surface area contributed by atoms with Crippen LogP contribution in [0.4, 0.5) is 0 Å². The van der Waals surface area contributed by atoms with Gasteiger partial charge < -0.3 is 11.1 Å². The Balaban J connectivity index is 3.00. The van der Waals surface area contributed by atoms with Crippen molar-refractivity contribution >= 4 is 15.9 Å². The number of carbonyl (C=O) groups excluding carboxylic acids is 1. The zero-order chi connectivity index (χ0) is 15.3. The number of amides is 1. The second-order valence-electron chi connectivity index (χ2n) is 4.55. The quantitative estimate of drug-likeness (QED) is 0.785. The molecule has 0 fully saturated rings. The Kier molecular flexibility index (Phi) is 5.67. The van der Waals surface area contributed by atoms with E-state index in [-0.39, 0.29) is 30.3 Å². The van der Waals surface area contributed by atoms with Crippen molar-refractivity contribution in [3.05, 3.63) is 29.3 Å². The first-order chi connectivity index (χ1) is 9.32. The van der Waals surface area contributed by atoms with Gasteiger partial charge >= 0.3 is 0 Å². The second-order valence-corrected chi connectivity index (χ2v) is 6.57. The summed E-state index contributed by atoms with van der Waals surface area (Å²) in [4.78, 5) is 11.4. The van der Waals surface area contributed by atoms with E-state index in [0.717, 1.165) is 5.56 Å². The van der Waals surface area contributed by atoms with Crippen molar-refractivity contribution < 1.29 is 13.2 Å². The largest absolute Gasteiger partial charge is 0.359 e. The molecule has 0 unspecified atom stereocenters. The van der Waals surface area contributed by atoms with Crippen LogP contribution in [0, 0.1) is 6.92 Å². The van der Waals surface area contributed by atoms with Crippen LogP contribution in [0.15, 0.2) is 23.1 Å². The molecular weight excluding hydrogens is 278 g/mol. The zero-order valence-corrected chi connectivity index (χ0v) is 12.8. The predicted octanol–water partition coefficient (Wildman–Crippen LogP) is 0.210. The lowest BCUT2D eigenvalue weighted by atomic mass is 10.1. The standard InChI is InChI=1S/C13H21N3O3S/c1-10-4-5-11(9-14)8-12(10)20(18,19)16(3)7-6-13(17)15-2/h4-5,8H,6-7,9,14H2,1-3H3,(H,15,17). The van der Waals surface area contributed by atoms with Gasteiger partial charge in [-0.2, -0.15) is 0 Å². The van der Waals surface area contributed by atoms with Crippen molar-refractivity contribution in [2.45, 2.75) is 24.8 Å². The van der Waals surface area contributed by atoms with Gasteiger partial charge in [0.15, 0.2) is 0 Å². The monoisotopic (exact) mass is 299 g/mol. The van der Waals surface area contributed by atoms with E-state index in [1.807, 2.05) is 0 Å². The summed E-state index contributed by atoms with van der Waals surface area (Å²) in [5.41, 5.74) is 6.96. The van der Waals surface area contributed by atoms with Crippen LogP contribution < -0.4 is 11.1 Å². The Morgan fingerprint density at radius 2 is 2.05 bits per heavy atom. The summed E-state index contributed by atoms with van der Waals surface area (Å²) in [5, 5.41) is 2.46. The lowest BCUT2D eigenvalue weighted by molar-refractivity contribution is -0.120. The summed E-state index contributed by atoms with van der Waals surface area (Å²) >= 11 is 0. The van der Waals surface area contributed by atoms with Crippen LogP contribution >= 0.6 is 0 Å². The molecule has 0 saturated heterocycles. The molecule has 20 heavy (non-hydrogen) atoms. The normalized spacial score (nSPS) is 11.7. The molecule has 0 spiro atoms. The number of sulfonamides is 1. The van der Waals surface area contributed by atoms with E-state index in [1.54, 1.807) is 25.1 Å². The third-order valence-electron chi connectivity index (χ3n) is 3.11. The van der Waals surface area contributed by atoms with Crippen LogP contribution in [-0.2, 0) is 21.4 Å². The molecule has 1 amide bonds. The molecule has 0 atom stereocenters. The van der Waals surface area contributed by atoms with Gasteiger partial charge in [-0.25, -0.2) is 12.7 Å². The van der Waals surface area contributed by atoms with Crippen LogP contribution in [0.2, 0.25) is 0 Å². The van der Waals surface area contributed by atoms with E-state index in [2.05, 4.69) is 5.32 Å². The van der Waals surface area contributed by atoms with Gasteiger partial charge in [-0.15, -0.1) is 0 Å². The lowest BCUT2D eigenvalue weighted by Gasteiger charge is -2.18. The number of nitrogens with zero attached hydrogens (tertiary/aromatic N) is 1. The highest BCUT2D eigenvalue weighted by atomic mass is 32.2. The molecule has 0 aliphatic heterocycles. The Morgan fingerprint density at radius 3 is 2.60 bits per heavy atom. The predicted molar refractivity (Wildman–Crippen MR) is 77.6 cm³/mol. The van der Waals surface area contributed by atoms with Gasteiger partial charge in [0.1, 0.15) is 0 Å². The van der Waals surface area contributed by atoms with Gasteiger partial charge in [-0.3, -0.25) is 4.79 Å². The molecule has 0 saturated carbocycles. The molecule has 1 rings (SSSR count). The SMILES string of the molecule is CNC(=O)CCN(C)S(=O)(=O)c1cc(CN)ccc1C. The van der Waals surface area contributed by atoms with Crippen molar-refractivity contribution in [3.8, 4) is 0 Å². The number of nitrogens with one attached hydrogen (secondary N) is 1. The van der Waals surface area contributed by atoms with Gasteiger partial charge in [0.05, 0.1) is 4.90 Å². The zero-order valence-electron chi connectivity index (χ0n) is 12.0. The van der Waals surface area contributed by atoms with E-state index in [4.69, 9.17) is 5.73 Å². The van der Waals surface area contributed by atoms with Gasteiger partial charge in [-0.1, -0.05) is 12.1 Å². The number of hydrogen-bond acceptors (Lipinski definition) is 4. The average Bonchev–Trinajstić information content (AvgIpc) is 2.44. The fourth-order valence-corrected chi connectivity index (χ4v) is 3.16. The van der Waals surface area contributed by atoms with E-state index in [1.165, 1.54) is 18.4 Å². The van der Waals surface area contributed by atoms with Crippen molar-refractivity contribution in [3.63, 3.8) is 0 Å². The molecule has 1 aromatic carbocycles. The van der Waals surface area contributed by atoms with E-state index >= 15 is 0 Å². The highest BCUT2D eigenvalue weighted by molar-refractivity contribution is 7.89. The van der Waals surface area contributed by atoms with Gasteiger partial charge in [-0.05, 0) is 24.1 Å². The van der Waals surface area contributed by atoms with Crippen LogP contribution in [0.3, 0.4) is 0 Å². The number of nitrogens with two attached hydrogens (primary N) is 1.